The summed E-state index contributed by atoms with van der Waals surface area (Å²) >= 11 is 0. The van der Waals surface area contributed by atoms with Gasteiger partial charge >= 0.3 is 24.1 Å². The molecule has 2 aromatic rings. The van der Waals surface area contributed by atoms with Gasteiger partial charge in [-0.05, 0) is 12.0 Å². The number of amides is 2. The van der Waals surface area contributed by atoms with E-state index in [9.17, 15) is 4.79 Å². The Morgan fingerprint density at radius 3 is 2.33 bits per heavy atom. The third kappa shape index (κ3) is 8.08. The van der Waals surface area contributed by atoms with Gasteiger partial charge in [0, 0.05) is 13.1 Å². The molecule has 1 fully saturated rings. The van der Waals surface area contributed by atoms with Crippen molar-refractivity contribution < 1.29 is 23.7 Å². The molecule has 1 aromatic heterocycles. The number of rotatable bonds is 12. The van der Waals surface area contributed by atoms with Crippen LogP contribution in [0.2, 0.25) is 0 Å². The molecule has 1 atom stereocenters. The molecule has 10 heteroatoms. The van der Waals surface area contributed by atoms with E-state index in [-0.39, 0.29) is 50.0 Å². The van der Waals surface area contributed by atoms with Crippen LogP contribution in [0.5, 0.6) is 18.0 Å². The molecule has 1 aromatic carbocycles. The molecule has 3 rings (SSSR count). The van der Waals surface area contributed by atoms with Crippen LogP contribution in [-0.2, 0) is 11.2 Å². The van der Waals surface area contributed by atoms with Gasteiger partial charge in [0.15, 0.2) is 0 Å². The van der Waals surface area contributed by atoms with Gasteiger partial charge in [-0.2, -0.15) is 0 Å². The number of ether oxygens (including phenoxy) is 4. The van der Waals surface area contributed by atoms with Crippen LogP contribution >= 0.6 is 0 Å². The van der Waals surface area contributed by atoms with E-state index in [4.69, 9.17) is 18.9 Å². The summed E-state index contributed by atoms with van der Waals surface area (Å²) < 4.78 is 22.2. The van der Waals surface area contributed by atoms with Crippen LogP contribution in [0.25, 0.3) is 0 Å². The molecular weight excluding hydrogens is 426 g/mol. The molecule has 1 N–H and O–H groups in total. The molecule has 2 heterocycles. The lowest BCUT2D eigenvalue weighted by atomic mass is 10.1. The van der Waals surface area contributed by atoms with E-state index in [1.54, 1.807) is 17.1 Å². The zero-order valence-electron chi connectivity index (χ0n) is 18.5. The molecule has 1 aliphatic heterocycles. The summed E-state index contributed by atoms with van der Waals surface area (Å²) in [5, 5.41) is 2.96. The average Bonchev–Trinajstić information content (AvgIpc) is 2.85. The maximum absolute atomic E-state index is 12.5. The summed E-state index contributed by atoms with van der Waals surface area (Å²) in [6.07, 6.45) is 3.59. The number of hydrogen-bond acceptors (Lipinski definition) is 8. The summed E-state index contributed by atoms with van der Waals surface area (Å²) in [5.74, 6) is 0. The number of nitrogens with zero attached hydrogens (tertiary/aromatic N) is 4. The summed E-state index contributed by atoms with van der Waals surface area (Å²) in [6.45, 7) is 9.68. The maximum atomic E-state index is 12.5. The van der Waals surface area contributed by atoms with Crippen molar-refractivity contribution in [3.8, 4) is 18.0 Å². The molecule has 0 radical (unpaired) electrons. The normalized spacial score (nSPS) is 15.4. The van der Waals surface area contributed by atoms with Crippen LogP contribution in [0, 0.1) is 0 Å². The van der Waals surface area contributed by atoms with Crippen molar-refractivity contribution in [2.75, 3.05) is 46.1 Å². The van der Waals surface area contributed by atoms with Crippen molar-refractivity contribution in [1.82, 2.24) is 25.2 Å². The first-order chi connectivity index (χ1) is 16.2. The van der Waals surface area contributed by atoms with Gasteiger partial charge in [0.25, 0.3) is 0 Å². The van der Waals surface area contributed by atoms with E-state index in [0.29, 0.717) is 26.2 Å². The van der Waals surface area contributed by atoms with Crippen molar-refractivity contribution in [2.45, 2.75) is 12.5 Å². The van der Waals surface area contributed by atoms with Crippen molar-refractivity contribution in [1.29, 1.82) is 0 Å². The van der Waals surface area contributed by atoms with Crippen LogP contribution in [0.1, 0.15) is 5.56 Å². The first-order valence-corrected chi connectivity index (χ1v) is 10.7. The third-order valence-electron chi connectivity index (χ3n) is 4.59. The minimum Gasteiger partial charge on any atom is -0.460 e. The standard InChI is InChI=1S/C23H29N5O5/c1-3-13-31-20-25-21(32-14-4-2)27-22(26-20)33-17-19-16-28(12-15-30-19)23(29)24-11-10-18-8-6-5-7-9-18/h3-9,19H,1-2,10-17H2,(H,24,29). The molecule has 1 aliphatic rings. The Labute approximate surface area is 193 Å². The van der Waals surface area contributed by atoms with Crippen molar-refractivity contribution in [3.05, 3.63) is 61.2 Å². The van der Waals surface area contributed by atoms with Crippen LogP contribution in [-0.4, -0.2) is 78.0 Å². The lowest BCUT2D eigenvalue weighted by Gasteiger charge is -2.32. The summed E-state index contributed by atoms with van der Waals surface area (Å²) in [7, 11) is 0. The van der Waals surface area contributed by atoms with Crippen molar-refractivity contribution in [3.63, 3.8) is 0 Å². The van der Waals surface area contributed by atoms with Crippen LogP contribution in [0.3, 0.4) is 0 Å². The topological polar surface area (TPSA) is 108 Å². The zero-order chi connectivity index (χ0) is 23.3. The predicted molar refractivity (Wildman–Crippen MR) is 122 cm³/mol. The fraction of sp³-hybridized carbons (Fsp3) is 0.391. The molecule has 33 heavy (non-hydrogen) atoms. The molecule has 0 spiro atoms. The lowest BCUT2D eigenvalue weighted by Crippen LogP contribution is -2.51. The molecule has 2 amide bonds. The van der Waals surface area contributed by atoms with Gasteiger partial charge in [-0.3, -0.25) is 0 Å². The largest absolute Gasteiger partial charge is 0.460 e. The van der Waals surface area contributed by atoms with Gasteiger partial charge in [-0.1, -0.05) is 55.6 Å². The first-order valence-electron chi connectivity index (χ1n) is 10.7. The molecule has 0 bridgehead atoms. The number of morpholine rings is 1. The van der Waals surface area contributed by atoms with Gasteiger partial charge in [-0.15, -0.1) is 15.0 Å². The lowest BCUT2D eigenvalue weighted by molar-refractivity contribution is -0.0368. The van der Waals surface area contributed by atoms with Gasteiger partial charge in [0.05, 0.1) is 13.2 Å². The van der Waals surface area contributed by atoms with Gasteiger partial charge in [0.1, 0.15) is 25.9 Å². The second kappa shape index (κ2) is 13.0. The number of aromatic nitrogens is 3. The van der Waals surface area contributed by atoms with E-state index < -0.39 is 0 Å². The number of carbonyl (C=O) groups is 1. The van der Waals surface area contributed by atoms with E-state index >= 15 is 0 Å². The molecule has 10 nitrogen and oxygen atoms in total. The predicted octanol–water partition coefficient (Wildman–Crippen LogP) is 2.03. The second-order valence-corrected chi connectivity index (χ2v) is 7.10. The monoisotopic (exact) mass is 455 g/mol. The average molecular weight is 456 g/mol. The fourth-order valence-corrected chi connectivity index (χ4v) is 3.02. The number of nitrogens with one attached hydrogen (secondary N) is 1. The molecule has 0 aliphatic carbocycles. The summed E-state index contributed by atoms with van der Waals surface area (Å²) in [4.78, 5) is 26.5. The Morgan fingerprint density at radius 1 is 1.06 bits per heavy atom. The quantitative estimate of drug-likeness (QED) is 0.485. The Hall–Kier alpha value is -3.66. The number of hydrogen-bond donors (Lipinski definition) is 1. The van der Waals surface area contributed by atoms with E-state index in [2.05, 4.69) is 33.4 Å². The Morgan fingerprint density at radius 2 is 1.70 bits per heavy atom. The highest BCUT2D eigenvalue weighted by Gasteiger charge is 2.25. The van der Waals surface area contributed by atoms with Crippen molar-refractivity contribution >= 4 is 6.03 Å². The van der Waals surface area contributed by atoms with E-state index in [0.717, 1.165) is 6.42 Å². The fourth-order valence-electron chi connectivity index (χ4n) is 3.02. The van der Waals surface area contributed by atoms with Gasteiger partial charge < -0.3 is 29.2 Å². The molecule has 176 valence electrons. The first kappa shape index (κ1) is 24.0. The third-order valence-corrected chi connectivity index (χ3v) is 4.59. The van der Waals surface area contributed by atoms with E-state index in [1.807, 2.05) is 30.3 Å². The van der Waals surface area contributed by atoms with Crippen molar-refractivity contribution in [2.24, 2.45) is 0 Å². The van der Waals surface area contributed by atoms with Gasteiger partial charge in [0.2, 0.25) is 0 Å². The highest BCUT2D eigenvalue weighted by Crippen LogP contribution is 2.16. The summed E-state index contributed by atoms with van der Waals surface area (Å²) in [5.41, 5.74) is 1.18. The van der Waals surface area contributed by atoms with Crippen LogP contribution < -0.4 is 19.5 Å². The van der Waals surface area contributed by atoms with E-state index in [1.165, 1.54) is 5.56 Å². The molecule has 1 unspecified atom stereocenters. The van der Waals surface area contributed by atoms with Crippen LogP contribution in [0.4, 0.5) is 4.79 Å². The molecule has 1 saturated heterocycles. The molecule has 0 saturated carbocycles. The highest BCUT2D eigenvalue weighted by molar-refractivity contribution is 5.74. The number of benzene rings is 1. The second-order valence-electron chi connectivity index (χ2n) is 7.10. The Bertz CT molecular complexity index is 881. The smallest absolute Gasteiger partial charge is 0.326 e. The maximum Gasteiger partial charge on any atom is 0.326 e. The van der Waals surface area contributed by atoms with Gasteiger partial charge in [-0.25, -0.2) is 4.79 Å². The molecular formula is C23H29N5O5. The number of urea groups is 1. The zero-order valence-corrected chi connectivity index (χ0v) is 18.5. The SMILES string of the molecule is C=CCOc1nc(OCC=C)nc(OCC2CN(C(=O)NCCc3ccccc3)CCO2)n1. The minimum absolute atomic E-state index is 0.0381. The Balaban J connectivity index is 1.49. The minimum atomic E-state index is -0.328. The Kier molecular flexibility index (Phi) is 9.46. The number of carbonyl (C=O) groups excluding carboxylic acids is 1. The summed E-state index contributed by atoms with van der Waals surface area (Å²) in [6, 6.07) is 10.0. The van der Waals surface area contributed by atoms with Crippen LogP contribution in [0.15, 0.2) is 55.6 Å². The highest BCUT2D eigenvalue weighted by atomic mass is 16.6.